The van der Waals surface area contributed by atoms with Crippen molar-refractivity contribution in [2.45, 2.75) is 51.0 Å². The maximum atomic E-state index is 12.4. The molecule has 3 rings (SSSR count). The molecule has 0 saturated heterocycles. The van der Waals surface area contributed by atoms with Crippen molar-refractivity contribution in [3.63, 3.8) is 0 Å². The molecule has 0 heterocycles. The summed E-state index contributed by atoms with van der Waals surface area (Å²) in [5.41, 5.74) is 0. The third-order valence-corrected chi connectivity index (χ3v) is 6.38. The monoisotopic (exact) mass is 377 g/mol. The molecule has 0 aliphatic heterocycles. The van der Waals surface area contributed by atoms with E-state index in [1.165, 1.54) is 19.3 Å². The second-order valence-electron chi connectivity index (χ2n) is 7.26. The first-order valence-corrected chi connectivity index (χ1v) is 10.5. The fraction of sp³-hybridized carbons (Fsp3) is 0.550. The zero-order valence-electron chi connectivity index (χ0n) is 14.9. The van der Waals surface area contributed by atoms with Crippen LogP contribution in [0.3, 0.4) is 0 Å². The number of hydrogen-bond acceptors (Lipinski definition) is 3. The summed E-state index contributed by atoms with van der Waals surface area (Å²) in [7, 11) is 0. The Bertz CT molecular complexity index is 648. The van der Waals surface area contributed by atoms with Crippen LogP contribution in [-0.4, -0.2) is 21.3 Å². The Morgan fingerprint density at radius 1 is 1.23 bits per heavy atom. The zero-order valence-corrected chi connectivity index (χ0v) is 15.7. The number of para-hydroxylation sites is 1. The molecule has 2 N–H and O–H groups in total. The van der Waals surface area contributed by atoms with E-state index >= 15 is 0 Å². The first-order chi connectivity index (χ1) is 12.6. The first-order valence-electron chi connectivity index (χ1n) is 9.41. The minimum Gasteiger partial charge on any atom is -0.481 e. The number of carboxylic acids is 1. The topological polar surface area (TPSA) is 75.6 Å². The van der Waals surface area contributed by atoms with Crippen LogP contribution < -0.4 is 8.91 Å². The van der Waals surface area contributed by atoms with E-state index in [0.717, 1.165) is 12.8 Å². The molecule has 2 unspecified atom stereocenters. The van der Waals surface area contributed by atoms with Crippen molar-refractivity contribution < 1.29 is 18.3 Å². The molecule has 5 atom stereocenters. The average molecular weight is 378 g/mol. The van der Waals surface area contributed by atoms with Crippen molar-refractivity contribution in [3.8, 4) is 5.75 Å². The maximum absolute atomic E-state index is 12.4. The molecule has 0 aromatic heterocycles. The van der Waals surface area contributed by atoms with Crippen molar-refractivity contribution in [1.29, 1.82) is 0 Å². The van der Waals surface area contributed by atoms with E-state index in [2.05, 4.69) is 16.9 Å². The number of benzene rings is 1. The van der Waals surface area contributed by atoms with Crippen LogP contribution in [-0.2, 0) is 16.1 Å². The Balaban J connectivity index is 1.49. The second kappa shape index (κ2) is 9.33. The maximum Gasteiger partial charge on any atom is 0.303 e. The molecule has 1 aromatic rings. The van der Waals surface area contributed by atoms with E-state index < -0.39 is 17.2 Å². The molecule has 1 aromatic carbocycles. The molecule has 0 radical (unpaired) electrons. The van der Waals surface area contributed by atoms with Gasteiger partial charge in [0, 0.05) is 12.5 Å². The molecule has 2 aliphatic rings. The van der Waals surface area contributed by atoms with Gasteiger partial charge in [0.05, 0.1) is 0 Å². The van der Waals surface area contributed by atoms with Gasteiger partial charge in [0.25, 0.3) is 11.3 Å². The predicted octanol–water partition coefficient (Wildman–Crippen LogP) is 3.85. The van der Waals surface area contributed by atoms with Crippen molar-refractivity contribution in [1.82, 2.24) is 4.72 Å². The molecule has 2 aliphatic carbocycles. The number of hydrogen-bond donors (Lipinski definition) is 2. The standard InChI is InChI=1S/C20H27NO4S/c22-19(23)11-7-2-1-6-10-18-15-12-13-16(14-15)20(18)21-26(24)25-17-8-4-3-5-9-17/h1,3-6,8-9,15-16,18,20-21H,2,7,10-14H2,(H,22,23)/t15-,16+,18+,20?,26?/m1/s1. The Morgan fingerprint density at radius 3 is 2.77 bits per heavy atom. The fourth-order valence-electron chi connectivity index (χ4n) is 4.37. The number of aliphatic carboxylic acids is 1. The molecular weight excluding hydrogens is 350 g/mol. The van der Waals surface area contributed by atoms with Gasteiger partial charge in [-0.1, -0.05) is 30.4 Å². The summed E-state index contributed by atoms with van der Waals surface area (Å²) in [6.07, 6.45) is 10.6. The molecule has 5 nitrogen and oxygen atoms in total. The highest BCUT2D eigenvalue weighted by Crippen LogP contribution is 2.50. The van der Waals surface area contributed by atoms with Crippen molar-refractivity contribution >= 4 is 17.2 Å². The normalized spacial score (nSPS) is 28.5. The lowest BCUT2D eigenvalue weighted by Crippen LogP contribution is -2.42. The van der Waals surface area contributed by atoms with Gasteiger partial charge in [0.1, 0.15) is 5.75 Å². The van der Waals surface area contributed by atoms with Crippen molar-refractivity contribution in [2.24, 2.45) is 17.8 Å². The minimum atomic E-state index is -1.54. The minimum absolute atomic E-state index is 0.221. The average Bonchev–Trinajstić information content (AvgIpc) is 3.21. The number of carbonyl (C=O) groups is 1. The molecule has 2 saturated carbocycles. The highest BCUT2D eigenvalue weighted by atomic mass is 32.2. The van der Waals surface area contributed by atoms with E-state index in [0.29, 0.717) is 29.9 Å². The summed E-state index contributed by atoms with van der Waals surface area (Å²) in [4.78, 5) is 10.5. The van der Waals surface area contributed by atoms with Gasteiger partial charge >= 0.3 is 5.97 Å². The van der Waals surface area contributed by atoms with Gasteiger partial charge in [-0.25, -0.2) is 4.72 Å². The third-order valence-electron chi connectivity index (χ3n) is 5.57. The Morgan fingerprint density at radius 2 is 2.00 bits per heavy atom. The summed E-state index contributed by atoms with van der Waals surface area (Å²) in [6.45, 7) is 0. The van der Waals surface area contributed by atoms with Crippen LogP contribution in [0.2, 0.25) is 0 Å². The van der Waals surface area contributed by atoms with Crippen LogP contribution in [0.25, 0.3) is 0 Å². The van der Waals surface area contributed by atoms with E-state index in [9.17, 15) is 9.00 Å². The summed E-state index contributed by atoms with van der Waals surface area (Å²) in [6, 6.07) is 9.46. The quantitative estimate of drug-likeness (QED) is 0.480. The molecule has 6 heteroatoms. The number of nitrogens with one attached hydrogen (secondary N) is 1. The van der Waals surface area contributed by atoms with E-state index in [1.807, 2.05) is 18.2 Å². The van der Waals surface area contributed by atoms with E-state index in [4.69, 9.17) is 9.29 Å². The number of carboxylic acid groups (broad SMARTS) is 1. The van der Waals surface area contributed by atoms with Gasteiger partial charge < -0.3 is 9.29 Å². The Hall–Kier alpha value is -1.66. The van der Waals surface area contributed by atoms with Crippen LogP contribution in [0.15, 0.2) is 42.5 Å². The molecule has 2 bridgehead atoms. The molecular formula is C20H27NO4S. The summed E-state index contributed by atoms with van der Waals surface area (Å²) < 4.78 is 21.1. The molecule has 0 amide bonds. The molecule has 142 valence electrons. The van der Waals surface area contributed by atoms with Crippen LogP contribution in [0.4, 0.5) is 0 Å². The van der Waals surface area contributed by atoms with Crippen LogP contribution >= 0.6 is 0 Å². The second-order valence-corrected chi connectivity index (χ2v) is 8.14. The Labute approximate surface area is 157 Å². The van der Waals surface area contributed by atoms with Crippen LogP contribution in [0.1, 0.15) is 44.9 Å². The van der Waals surface area contributed by atoms with Crippen molar-refractivity contribution in [2.75, 3.05) is 0 Å². The highest BCUT2D eigenvalue weighted by molar-refractivity contribution is 7.78. The number of rotatable bonds is 10. The lowest BCUT2D eigenvalue weighted by atomic mass is 9.83. The van der Waals surface area contributed by atoms with Gasteiger partial charge in [0.15, 0.2) is 0 Å². The lowest BCUT2D eigenvalue weighted by molar-refractivity contribution is -0.137. The zero-order chi connectivity index (χ0) is 18.4. The number of unbranched alkanes of at least 4 members (excludes halogenated alkanes) is 1. The third kappa shape index (κ3) is 5.17. The van der Waals surface area contributed by atoms with Gasteiger partial charge in [-0.3, -0.25) is 4.79 Å². The molecule has 0 spiro atoms. The first kappa shape index (κ1) is 19.1. The lowest BCUT2D eigenvalue weighted by Gasteiger charge is -2.30. The largest absolute Gasteiger partial charge is 0.481 e. The fourth-order valence-corrected chi connectivity index (χ4v) is 5.30. The number of fused-ring (bicyclic) bond motifs is 2. The summed E-state index contributed by atoms with van der Waals surface area (Å²) >= 11 is -1.54. The van der Waals surface area contributed by atoms with E-state index in [1.54, 1.807) is 12.1 Å². The van der Waals surface area contributed by atoms with Gasteiger partial charge in [-0.15, -0.1) is 0 Å². The van der Waals surface area contributed by atoms with Crippen molar-refractivity contribution in [3.05, 3.63) is 42.5 Å². The van der Waals surface area contributed by atoms with E-state index in [-0.39, 0.29) is 12.5 Å². The summed E-state index contributed by atoms with van der Waals surface area (Å²) in [5.74, 6) is 1.62. The van der Waals surface area contributed by atoms with Gasteiger partial charge in [-0.05, 0) is 68.4 Å². The van der Waals surface area contributed by atoms with Crippen LogP contribution in [0, 0.1) is 17.8 Å². The van der Waals surface area contributed by atoms with Crippen LogP contribution in [0.5, 0.6) is 5.75 Å². The SMILES string of the molecule is O=C(O)CCCC=CC[C@@H]1C(NS(=O)Oc2ccccc2)[C@H]2CC[C@@H]1C2. The highest BCUT2D eigenvalue weighted by Gasteiger charge is 2.47. The number of allylic oxidation sites excluding steroid dienone is 2. The van der Waals surface area contributed by atoms with Gasteiger partial charge in [0.2, 0.25) is 0 Å². The summed E-state index contributed by atoms with van der Waals surface area (Å²) in [5, 5.41) is 8.67. The molecule has 2 fully saturated rings. The molecule has 26 heavy (non-hydrogen) atoms. The van der Waals surface area contributed by atoms with Gasteiger partial charge in [-0.2, -0.15) is 4.21 Å². The predicted molar refractivity (Wildman–Crippen MR) is 102 cm³/mol. The smallest absolute Gasteiger partial charge is 0.303 e. The Kier molecular flexibility index (Phi) is 6.86.